The number of methoxy groups -OCH3 is 1. The van der Waals surface area contributed by atoms with Crippen LogP contribution in [0.15, 0.2) is 72.8 Å². The largest absolute Gasteiger partial charge is 0.497 e. The van der Waals surface area contributed by atoms with E-state index in [1.165, 1.54) is 0 Å². The summed E-state index contributed by atoms with van der Waals surface area (Å²) in [6.07, 6.45) is -0.902. The topological polar surface area (TPSA) is 58.6 Å². The average molecular weight is 368 g/mol. The lowest BCUT2D eigenvalue weighted by Crippen LogP contribution is -2.14. The molecule has 3 aromatic rings. The van der Waals surface area contributed by atoms with Gasteiger partial charge in [0, 0.05) is 21.8 Å². The number of benzene rings is 3. The highest BCUT2D eigenvalue weighted by Gasteiger charge is 2.17. The molecule has 3 rings (SSSR count). The predicted octanol–water partition coefficient (Wildman–Crippen LogP) is 4.68. The number of rotatable bonds is 5. The molecular formula is C21H18ClNO3. The van der Waals surface area contributed by atoms with E-state index in [9.17, 15) is 9.90 Å². The molecule has 0 aliphatic carbocycles. The normalized spacial score (nSPS) is 11.7. The molecule has 0 saturated carbocycles. The number of hydrogen-bond donors (Lipinski definition) is 2. The van der Waals surface area contributed by atoms with Gasteiger partial charge in [0.25, 0.3) is 5.91 Å². The number of carbonyl (C=O) groups is 1. The first-order valence-electron chi connectivity index (χ1n) is 8.06. The Bertz CT molecular complexity index is 895. The molecule has 0 radical (unpaired) electrons. The molecule has 5 heteroatoms. The standard InChI is InChI=1S/C21H18ClNO3/c1-26-17-10-7-15(8-11-17)21(25)23-19-12-9-16(22)13-18(19)20(24)14-5-3-2-4-6-14/h2-13,20,24H,1H3,(H,23,25)/t20-/m1/s1. The van der Waals surface area contributed by atoms with Gasteiger partial charge in [-0.05, 0) is 48.0 Å². The molecule has 132 valence electrons. The lowest BCUT2D eigenvalue weighted by molar-refractivity contribution is 0.102. The summed E-state index contributed by atoms with van der Waals surface area (Å²) in [7, 11) is 1.57. The van der Waals surface area contributed by atoms with Crippen LogP contribution in [0.3, 0.4) is 0 Å². The Morgan fingerprint density at radius 3 is 2.38 bits per heavy atom. The molecular weight excluding hydrogens is 350 g/mol. The van der Waals surface area contributed by atoms with Crippen LogP contribution in [-0.2, 0) is 0 Å². The fourth-order valence-electron chi connectivity index (χ4n) is 2.63. The Morgan fingerprint density at radius 1 is 1.04 bits per heavy atom. The minimum atomic E-state index is -0.902. The number of ether oxygens (including phenoxy) is 1. The molecule has 1 atom stereocenters. The Morgan fingerprint density at radius 2 is 1.73 bits per heavy atom. The van der Waals surface area contributed by atoms with E-state index in [0.717, 1.165) is 5.56 Å². The van der Waals surface area contributed by atoms with Crippen molar-refractivity contribution in [2.24, 2.45) is 0 Å². The number of carbonyl (C=O) groups excluding carboxylic acids is 1. The number of anilines is 1. The van der Waals surface area contributed by atoms with Gasteiger partial charge in [0.05, 0.1) is 7.11 Å². The van der Waals surface area contributed by atoms with Gasteiger partial charge in [0.1, 0.15) is 11.9 Å². The second kappa shape index (κ2) is 8.04. The van der Waals surface area contributed by atoms with Gasteiger partial charge in [0.2, 0.25) is 0 Å². The molecule has 0 aliphatic heterocycles. The molecule has 0 aromatic heterocycles. The van der Waals surface area contributed by atoms with Crippen LogP contribution in [0.1, 0.15) is 27.6 Å². The highest BCUT2D eigenvalue weighted by molar-refractivity contribution is 6.30. The van der Waals surface area contributed by atoms with E-state index in [1.807, 2.05) is 30.3 Å². The number of hydrogen-bond acceptors (Lipinski definition) is 3. The molecule has 0 aliphatic rings. The second-order valence-corrected chi connectivity index (χ2v) is 6.16. The molecule has 4 nitrogen and oxygen atoms in total. The van der Waals surface area contributed by atoms with Crippen molar-refractivity contribution in [3.8, 4) is 5.75 Å². The van der Waals surface area contributed by atoms with Crippen molar-refractivity contribution in [2.75, 3.05) is 12.4 Å². The lowest BCUT2D eigenvalue weighted by Gasteiger charge is -2.17. The maximum atomic E-state index is 12.5. The van der Waals surface area contributed by atoms with Crippen LogP contribution in [0.2, 0.25) is 5.02 Å². The van der Waals surface area contributed by atoms with E-state index in [1.54, 1.807) is 49.6 Å². The molecule has 0 unspecified atom stereocenters. The number of nitrogens with one attached hydrogen (secondary N) is 1. The Kier molecular flexibility index (Phi) is 5.56. The lowest BCUT2D eigenvalue weighted by atomic mass is 9.99. The zero-order valence-electron chi connectivity index (χ0n) is 14.1. The third-order valence-corrected chi connectivity index (χ3v) is 4.26. The van der Waals surface area contributed by atoms with Crippen LogP contribution < -0.4 is 10.1 Å². The molecule has 3 aromatic carbocycles. The Balaban J connectivity index is 1.89. The number of aliphatic hydroxyl groups is 1. The van der Waals surface area contributed by atoms with Crippen molar-refractivity contribution < 1.29 is 14.6 Å². The van der Waals surface area contributed by atoms with Gasteiger partial charge in [-0.2, -0.15) is 0 Å². The molecule has 0 bridgehead atoms. The Labute approximate surface area is 157 Å². The van der Waals surface area contributed by atoms with Crippen molar-refractivity contribution in [3.63, 3.8) is 0 Å². The highest BCUT2D eigenvalue weighted by Crippen LogP contribution is 2.31. The zero-order chi connectivity index (χ0) is 18.5. The molecule has 1 amide bonds. The third-order valence-electron chi connectivity index (χ3n) is 4.02. The van der Waals surface area contributed by atoms with E-state index in [0.29, 0.717) is 27.6 Å². The van der Waals surface area contributed by atoms with Crippen molar-refractivity contribution in [1.29, 1.82) is 0 Å². The van der Waals surface area contributed by atoms with Gasteiger partial charge in [-0.25, -0.2) is 0 Å². The quantitative estimate of drug-likeness (QED) is 0.688. The smallest absolute Gasteiger partial charge is 0.255 e. The van der Waals surface area contributed by atoms with Crippen LogP contribution in [0.25, 0.3) is 0 Å². The average Bonchev–Trinajstić information content (AvgIpc) is 2.69. The maximum Gasteiger partial charge on any atom is 0.255 e. The maximum absolute atomic E-state index is 12.5. The summed E-state index contributed by atoms with van der Waals surface area (Å²) in [5, 5.41) is 14.0. The summed E-state index contributed by atoms with van der Waals surface area (Å²) in [5.74, 6) is 0.393. The van der Waals surface area contributed by atoms with Crippen LogP contribution in [0, 0.1) is 0 Å². The van der Waals surface area contributed by atoms with Gasteiger partial charge >= 0.3 is 0 Å². The van der Waals surface area contributed by atoms with Crippen LogP contribution in [0.5, 0.6) is 5.75 Å². The summed E-state index contributed by atoms with van der Waals surface area (Å²) < 4.78 is 5.10. The number of halogens is 1. The number of amides is 1. The van der Waals surface area contributed by atoms with Gasteiger partial charge in [-0.3, -0.25) is 4.79 Å². The first kappa shape index (κ1) is 18.0. The fourth-order valence-corrected chi connectivity index (χ4v) is 2.81. The summed E-state index contributed by atoms with van der Waals surface area (Å²) in [6.45, 7) is 0. The first-order chi connectivity index (χ1) is 12.6. The van der Waals surface area contributed by atoms with Gasteiger partial charge in [-0.1, -0.05) is 41.9 Å². The second-order valence-electron chi connectivity index (χ2n) is 5.73. The third kappa shape index (κ3) is 4.04. The van der Waals surface area contributed by atoms with Crippen LogP contribution >= 0.6 is 11.6 Å². The minimum Gasteiger partial charge on any atom is -0.497 e. The number of aliphatic hydroxyl groups excluding tert-OH is 1. The van der Waals surface area contributed by atoms with Gasteiger partial charge in [-0.15, -0.1) is 0 Å². The summed E-state index contributed by atoms with van der Waals surface area (Å²) in [4.78, 5) is 12.5. The molecule has 2 N–H and O–H groups in total. The van der Waals surface area contributed by atoms with E-state index in [-0.39, 0.29) is 5.91 Å². The van der Waals surface area contributed by atoms with Crippen LogP contribution in [-0.4, -0.2) is 18.1 Å². The molecule has 0 heterocycles. The van der Waals surface area contributed by atoms with Crippen molar-refractivity contribution in [2.45, 2.75) is 6.10 Å². The highest BCUT2D eigenvalue weighted by atomic mass is 35.5. The molecule has 0 spiro atoms. The van der Waals surface area contributed by atoms with Gasteiger partial charge < -0.3 is 15.2 Å². The van der Waals surface area contributed by atoms with E-state index in [2.05, 4.69) is 5.32 Å². The summed E-state index contributed by atoms with van der Waals surface area (Å²) in [6, 6.07) is 21.0. The molecule has 0 saturated heterocycles. The zero-order valence-corrected chi connectivity index (χ0v) is 14.9. The first-order valence-corrected chi connectivity index (χ1v) is 8.44. The van der Waals surface area contributed by atoms with Crippen LogP contribution in [0.4, 0.5) is 5.69 Å². The fraction of sp³-hybridized carbons (Fsp3) is 0.0952. The monoisotopic (exact) mass is 367 g/mol. The SMILES string of the molecule is COc1ccc(C(=O)Nc2ccc(Cl)cc2[C@H](O)c2ccccc2)cc1. The van der Waals surface area contributed by atoms with Gasteiger partial charge in [0.15, 0.2) is 0 Å². The van der Waals surface area contributed by atoms with E-state index >= 15 is 0 Å². The van der Waals surface area contributed by atoms with E-state index in [4.69, 9.17) is 16.3 Å². The summed E-state index contributed by atoms with van der Waals surface area (Å²) >= 11 is 6.10. The Hall–Kier alpha value is -2.82. The molecule has 0 fully saturated rings. The van der Waals surface area contributed by atoms with E-state index < -0.39 is 6.10 Å². The summed E-state index contributed by atoms with van der Waals surface area (Å²) in [5.41, 5.74) is 2.24. The van der Waals surface area contributed by atoms with Crippen molar-refractivity contribution in [3.05, 3.63) is 94.5 Å². The molecule has 26 heavy (non-hydrogen) atoms. The predicted molar refractivity (Wildman–Crippen MR) is 103 cm³/mol. The minimum absolute atomic E-state index is 0.281. The van der Waals surface area contributed by atoms with Crippen molar-refractivity contribution >= 4 is 23.2 Å². The van der Waals surface area contributed by atoms with Crippen molar-refractivity contribution in [1.82, 2.24) is 0 Å².